The van der Waals surface area contributed by atoms with Gasteiger partial charge in [-0.25, -0.2) is 4.57 Å². The lowest BCUT2D eigenvalue weighted by Gasteiger charge is -2.27. The summed E-state index contributed by atoms with van der Waals surface area (Å²) < 4.78 is 103. The summed E-state index contributed by atoms with van der Waals surface area (Å²) >= 11 is 6.62. The maximum absolute atomic E-state index is 14.3. The standard InChI is InChI=1S/C66H83ClN12O17S3/c1-65(2)48-36-45(67)40-78(30-12-32-97(88,89)90)59(48)77-54(65)25-21-43(22-26-55-66(3,4)47-37-46(99(94,95)96)23-24-53(47)79(55)31-13-33-98(91,92)93)44-17-10-16-42(34-44)20-27-56(80)70-28-9-8-18-50-61(85)74-49(19-11-29-71-64(68)69)60(84)72-39-57(81)73-52(38-58(82)83)63(87)76-51(62(86)75-50)35-41-14-6-5-7-15-41/h5-7,10,14-17,21-26,34,36-37,40,49-52H,8-9,11-13,18-20,27-33,35,38-39H2,1-4H3,(H13-,68,69,70,71,72,73,74,75,76,80,81,82,83,84,85,86,87,88,89,90,91,92,93,94,95,96)/p+1/t49-,50-,51+,52-/m0/s1. The van der Waals surface area contributed by atoms with Crippen molar-refractivity contribution in [2.24, 2.45) is 21.5 Å². The van der Waals surface area contributed by atoms with Crippen LogP contribution in [0.3, 0.4) is 0 Å². The molecule has 6 amide bonds. The number of benzene rings is 3. The van der Waals surface area contributed by atoms with Gasteiger partial charge in [-0.15, -0.1) is 0 Å². The van der Waals surface area contributed by atoms with Gasteiger partial charge in [0, 0.05) is 55.7 Å². The third-order valence-corrected chi connectivity index (χ3v) is 19.6. The molecule has 33 heteroatoms. The van der Waals surface area contributed by atoms with Crippen molar-refractivity contribution < 1.29 is 82.1 Å². The van der Waals surface area contributed by atoms with E-state index in [1.807, 2.05) is 81.2 Å². The highest BCUT2D eigenvalue weighted by atomic mass is 35.5. The molecule has 0 unspecified atom stereocenters. The molecule has 0 saturated carbocycles. The Balaban J connectivity index is 1.13. The number of fused-ring (bicyclic) bond motifs is 2. The molecule has 1 aromatic heterocycles. The number of nitrogens with zero attached hydrogens (tertiary/aromatic N) is 4. The number of carboxylic acid groups (broad SMARTS) is 1. The van der Waals surface area contributed by atoms with Crippen molar-refractivity contribution in [3.8, 4) is 0 Å². The molecule has 3 aromatic carbocycles. The fourth-order valence-corrected chi connectivity index (χ4v) is 13.5. The SMILES string of the molecule is CC1(C)C(/C=C/C(=C/C=C2\N(CCCS(=O)(=O)O)c3ccc(S(=O)(=O)O)cc3C2(C)C)c2cccc(CCC(=O)NCCCC[C@@H]3NC(=O)[C@@H](Cc4ccccc4)NC(=O)[C@H](CC(=O)O)NC(=O)CNC(=O)[C@H](CCCN=C(N)N)NC3=O)c2)=Nc2c1cc(Cl)c[n+]2CCCS(=O)(=O)O. The number of carboxylic acids is 1. The van der Waals surface area contributed by atoms with Crippen LogP contribution in [0.2, 0.25) is 5.02 Å². The fourth-order valence-electron chi connectivity index (χ4n) is 11.8. The van der Waals surface area contributed by atoms with E-state index in [0.717, 1.165) is 11.1 Å². The van der Waals surface area contributed by atoms with Crippen molar-refractivity contribution in [1.29, 1.82) is 0 Å². The number of guanidine groups is 1. The normalized spacial score (nSPS) is 19.5. The minimum Gasteiger partial charge on any atom is -0.481 e. The highest BCUT2D eigenvalue weighted by Gasteiger charge is 2.44. The number of unbranched alkanes of at least 4 members (excludes halogenated alkanes) is 1. The number of pyridine rings is 1. The molecule has 4 heterocycles. The van der Waals surface area contributed by atoms with Crippen molar-refractivity contribution in [3.63, 3.8) is 0 Å². The number of allylic oxidation sites excluding steroid dienone is 6. The topological polar surface area (TPSA) is 459 Å². The molecule has 99 heavy (non-hydrogen) atoms. The van der Waals surface area contributed by atoms with Crippen LogP contribution >= 0.6 is 11.6 Å². The summed E-state index contributed by atoms with van der Waals surface area (Å²) in [7, 11) is -13.3. The van der Waals surface area contributed by atoms with Gasteiger partial charge in [-0.05, 0) is 128 Å². The van der Waals surface area contributed by atoms with Crippen LogP contribution in [0, 0.1) is 0 Å². The Morgan fingerprint density at radius 3 is 2.07 bits per heavy atom. The molecule has 0 aliphatic carbocycles. The Morgan fingerprint density at radius 2 is 1.39 bits per heavy atom. The number of nitrogens with one attached hydrogen (secondary N) is 6. The number of nitrogens with two attached hydrogens (primary N) is 2. The molecule has 7 rings (SSSR count). The number of rotatable bonds is 29. The third-order valence-electron chi connectivity index (χ3n) is 16.9. The summed E-state index contributed by atoms with van der Waals surface area (Å²) in [6.45, 7) is 7.31. The molecule has 0 bridgehead atoms. The number of carbonyl (C=O) groups is 7. The average molecular weight is 1450 g/mol. The number of aryl methyl sites for hydroxylation is 2. The Bertz CT molecular complexity index is 4240. The number of hydrogen-bond donors (Lipinski definition) is 12. The molecule has 14 N–H and O–H groups in total. The van der Waals surface area contributed by atoms with Gasteiger partial charge < -0.3 is 53.4 Å². The minimum atomic E-state index is -4.64. The zero-order chi connectivity index (χ0) is 72.6. The van der Waals surface area contributed by atoms with Gasteiger partial charge in [0.2, 0.25) is 35.4 Å². The summed E-state index contributed by atoms with van der Waals surface area (Å²) in [4.78, 5) is 105. The van der Waals surface area contributed by atoms with Crippen LogP contribution in [-0.2, 0) is 94.1 Å². The molecular formula is C66H84ClN12O17S3+. The minimum absolute atomic E-state index is 0.0195. The zero-order valence-electron chi connectivity index (χ0n) is 55.1. The van der Waals surface area contributed by atoms with Crippen LogP contribution < -0.4 is 52.8 Å². The summed E-state index contributed by atoms with van der Waals surface area (Å²) in [5.74, 6) is -6.89. The first-order valence-corrected chi connectivity index (χ1v) is 36.9. The molecule has 3 aliphatic heterocycles. The molecule has 0 radical (unpaired) electrons. The van der Waals surface area contributed by atoms with E-state index in [2.05, 4.69) is 36.9 Å². The van der Waals surface area contributed by atoms with Gasteiger partial charge in [0.25, 0.3) is 30.4 Å². The second kappa shape index (κ2) is 33.8. The number of aliphatic imine (C=N–C) groups is 2. The largest absolute Gasteiger partial charge is 0.481 e. The van der Waals surface area contributed by atoms with Crippen molar-refractivity contribution >= 4 is 112 Å². The number of aromatic nitrogens is 1. The van der Waals surface area contributed by atoms with E-state index < -0.39 is 125 Å². The van der Waals surface area contributed by atoms with E-state index in [0.29, 0.717) is 56.6 Å². The summed E-state index contributed by atoms with van der Waals surface area (Å²) in [5.41, 5.74) is 14.9. The van der Waals surface area contributed by atoms with Crippen LogP contribution in [-0.4, -0.2) is 159 Å². The Hall–Kier alpha value is -8.92. The van der Waals surface area contributed by atoms with Gasteiger partial charge in [0.15, 0.2) is 11.7 Å². The van der Waals surface area contributed by atoms with Crippen LogP contribution in [0.25, 0.3) is 5.57 Å². The maximum Gasteiger partial charge on any atom is 0.327 e. The Kier molecular flexibility index (Phi) is 26.4. The van der Waals surface area contributed by atoms with Gasteiger partial charge >= 0.3 is 11.8 Å². The molecule has 0 spiro atoms. The van der Waals surface area contributed by atoms with E-state index in [4.69, 9.17) is 28.1 Å². The lowest BCUT2D eigenvalue weighted by molar-refractivity contribution is -0.684. The first-order chi connectivity index (χ1) is 46.5. The van der Waals surface area contributed by atoms with Gasteiger partial charge in [0.05, 0.1) is 51.9 Å². The molecule has 29 nitrogen and oxygen atoms in total. The quantitative estimate of drug-likeness (QED) is 0.00927. The molecule has 534 valence electrons. The Labute approximate surface area is 579 Å². The van der Waals surface area contributed by atoms with Gasteiger partial charge in [-0.2, -0.15) is 25.3 Å². The number of anilines is 1. The lowest BCUT2D eigenvalue weighted by atomic mass is 9.81. The third kappa shape index (κ3) is 22.5. The van der Waals surface area contributed by atoms with Crippen molar-refractivity contribution in [2.75, 3.05) is 42.6 Å². The molecule has 3 aliphatic rings. The number of halogens is 1. The van der Waals surface area contributed by atoms with Gasteiger partial charge in [0.1, 0.15) is 30.4 Å². The van der Waals surface area contributed by atoms with Crippen molar-refractivity contribution in [3.05, 3.63) is 148 Å². The number of aliphatic carboxylic acids is 1. The van der Waals surface area contributed by atoms with Crippen LogP contribution in [0.5, 0.6) is 0 Å². The number of hydrogen-bond acceptors (Lipinski definition) is 16. The summed E-state index contributed by atoms with van der Waals surface area (Å²) in [6.07, 6.45) is 8.89. The summed E-state index contributed by atoms with van der Waals surface area (Å²) in [6, 6.07) is 16.1. The van der Waals surface area contributed by atoms with Crippen LogP contribution in [0.15, 0.2) is 130 Å². The molecular weight excluding hydrogens is 1360 g/mol. The van der Waals surface area contributed by atoms with E-state index in [-0.39, 0.29) is 101 Å². The van der Waals surface area contributed by atoms with E-state index in [1.54, 1.807) is 47.2 Å². The zero-order valence-corrected chi connectivity index (χ0v) is 58.3. The van der Waals surface area contributed by atoms with E-state index in [9.17, 15) is 77.6 Å². The number of amides is 6. The van der Waals surface area contributed by atoms with Gasteiger partial charge in [-0.1, -0.05) is 92.2 Å². The fraction of sp³-hybridized carbons (Fsp3) is 0.424. The molecule has 1 fully saturated rings. The monoisotopic (exact) mass is 1450 g/mol. The van der Waals surface area contributed by atoms with Crippen LogP contribution in [0.1, 0.15) is 113 Å². The molecule has 4 atom stereocenters. The van der Waals surface area contributed by atoms with E-state index in [1.165, 1.54) is 18.2 Å². The lowest BCUT2D eigenvalue weighted by Crippen LogP contribution is -2.58. The van der Waals surface area contributed by atoms with Crippen LogP contribution in [0.4, 0.5) is 11.5 Å². The summed E-state index contributed by atoms with van der Waals surface area (Å²) in [5, 5.41) is 25.6. The Morgan fingerprint density at radius 1 is 0.747 bits per heavy atom. The number of carbonyl (C=O) groups excluding carboxylic acids is 6. The predicted molar refractivity (Wildman–Crippen MR) is 370 cm³/mol. The highest BCUT2D eigenvalue weighted by molar-refractivity contribution is 7.86. The van der Waals surface area contributed by atoms with Gasteiger partial charge in [-0.3, -0.25) is 52.2 Å². The molecule has 4 aromatic rings. The first-order valence-electron chi connectivity index (χ1n) is 31.9. The predicted octanol–water partition coefficient (Wildman–Crippen LogP) is 3.17. The smallest absolute Gasteiger partial charge is 0.327 e. The maximum atomic E-state index is 14.3. The second-order valence-corrected chi connectivity index (χ2v) is 30.2. The van der Waals surface area contributed by atoms with Crippen molar-refractivity contribution in [1.82, 2.24) is 31.9 Å². The second-order valence-electron chi connectivity index (χ2n) is 25.2. The van der Waals surface area contributed by atoms with E-state index >= 15 is 0 Å². The van der Waals surface area contributed by atoms with Crippen molar-refractivity contribution in [2.45, 2.75) is 145 Å². The first kappa shape index (κ1) is 77.4. The average Bonchev–Trinajstić information content (AvgIpc) is 1.60. The highest BCUT2D eigenvalue weighted by Crippen LogP contribution is 2.49. The molecule has 1 saturated heterocycles.